The Labute approximate surface area is 124 Å². The van der Waals surface area contributed by atoms with Gasteiger partial charge in [-0.15, -0.1) is 0 Å². The molecule has 2 N–H and O–H groups in total. The first-order valence-corrected chi connectivity index (χ1v) is 6.98. The van der Waals surface area contributed by atoms with Crippen LogP contribution >= 0.6 is 0 Å². The largest absolute Gasteiger partial charge is 0.508 e. The van der Waals surface area contributed by atoms with Crippen molar-refractivity contribution in [2.24, 2.45) is 5.92 Å². The van der Waals surface area contributed by atoms with Gasteiger partial charge in [-0.05, 0) is 41.0 Å². The Morgan fingerprint density at radius 2 is 1.33 bits per heavy atom. The van der Waals surface area contributed by atoms with Crippen molar-refractivity contribution < 1.29 is 14.9 Å². The summed E-state index contributed by atoms with van der Waals surface area (Å²) in [5.74, 6) is 0.678. The van der Waals surface area contributed by atoms with Crippen LogP contribution in [0.25, 0.3) is 0 Å². The SMILES string of the molecule is C=C1C(c2ccc(O)cc2)OC(c2ccc(O)cc2)C1C. The molecule has 1 aliphatic rings. The molecule has 0 spiro atoms. The van der Waals surface area contributed by atoms with E-state index in [-0.39, 0.29) is 29.6 Å². The normalized spacial score (nSPS) is 25.2. The van der Waals surface area contributed by atoms with E-state index in [9.17, 15) is 10.2 Å². The number of hydrogen-bond acceptors (Lipinski definition) is 3. The second kappa shape index (κ2) is 5.26. The molecule has 1 saturated heterocycles. The highest BCUT2D eigenvalue weighted by Gasteiger charge is 2.37. The minimum atomic E-state index is -0.167. The molecule has 3 rings (SSSR count). The number of phenols is 2. The molecule has 0 radical (unpaired) electrons. The van der Waals surface area contributed by atoms with Crippen LogP contribution in [-0.4, -0.2) is 10.2 Å². The lowest BCUT2D eigenvalue weighted by atomic mass is 9.90. The molecule has 108 valence electrons. The Hall–Kier alpha value is -2.26. The lowest BCUT2D eigenvalue weighted by molar-refractivity contribution is 0.0389. The van der Waals surface area contributed by atoms with Gasteiger partial charge in [0.15, 0.2) is 0 Å². The summed E-state index contributed by atoms with van der Waals surface area (Å²) >= 11 is 0. The van der Waals surface area contributed by atoms with E-state index in [1.165, 1.54) is 0 Å². The van der Waals surface area contributed by atoms with Gasteiger partial charge in [-0.3, -0.25) is 0 Å². The van der Waals surface area contributed by atoms with Crippen molar-refractivity contribution in [1.29, 1.82) is 0 Å². The Bertz CT molecular complexity index is 643. The lowest BCUT2D eigenvalue weighted by Crippen LogP contribution is -2.04. The van der Waals surface area contributed by atoms with Gasteiger partial charge in [-0.2, -0.15) is 0 Å². The summed E-state index contributed by atoms with van der Waals surface area (Å²) in [6, 6.07) is 14.1. The first kappa shape index (κ1) is 13.7. The molecule has 1 aliphatic heterocycles. The number of rotatable bonds is 2. The van der Waals surface area contributed by atoms with E-state index in [0.717, 1.165) is 16.7 Å². The molecular formula is C18H18O3. The van der Waals surface area contributed by atoms with E-state index in [1.54, 1.807) is 24.3 Å². The Kier molecular flexibility index (Phi) is 3.43. The maximum absolute atomic E-state index is 9.39. The van der Waals surface area contributed by atoms with Crippen molar-refractivity contribution in [2.75, 3.05) is 0 Å². The van der Waals surface area contributed by atoms with Crippen LogP contribution in [0.3, 0.4) is 0 Å². The molecule has 0 bridgehead atoms. The van der Waals surface area contributed by atoms with E-state index < -0.39 is 0 Å². The molecule has 3 atom stereocenters. The molecule has 1 heterocycles. The van der Waals surface area contributed by atoms with E-state index >= 15 is 0 Å². The molecule has 3 nitrogen and oxygen atoms in total. The van der Waals surface area contributed by atoms with Crippen LogP contribution in [0.15, 0.2) is 60.7 Å². The van der Waals surface area contributed by atoms with Gasteiger partial charge in [0.2, 0.25) is 0 Å². The van der Waals surface area contributed by atoms with Gasteiger partial charge in [0.25, 0.3) is 0 Å². The fourth-order valence-electron chi connectivity index (χ4n) is 2.76. The van der Waals surface area contributed by atoms with E-state index in [2.05, 4.69) is 13.5 Å². The van der Waals surface area contributed by atoms with Crippen molar-refractivity contribution in [3.05, 3.63) is 71.8 Å². The van der Waals surface area contributed by atoms with Crippen LogP contribution < -0.4 is 0 Å². The van der Waals surface area contributed by atoms with Crippen LogP contribution in [0.4, 0.5) is 0 Å². The third-order valence-corrected chi connectivity index (χ3v) is 4.08. The van der Waals surface area contributed by atoms with Crippen LogP contribution in [0.2, 0.25) is 0 Å². The van der Waals surface area contributed by atoms with Crippen molar-refractivity contribution >= 4 is 0 Å². The van der Waals surface area contributed by atoms with Crippen LogP contribution in [0, 0.1) is 5.92 Å². The van der Waals surface area contributed by atoms with Crippen molar-refractivity contribution in [3.63, 3.8) is 0 Å². The second-order valence-corrected chi connectivity index (χ2v) is 5.48. The Morgan fingerprint density at radius 1 is 0.857 bits per heavy atom. The average molecular weight is 282 g/mol. The molecule has 3 unspecified atom stereocenters. The smallest absolute Gasteiger partial charge is 0.115 e. The first-order valence-electron chi connectivity index (χ1n) is 6.98. The minimum absolute atomic E-state index is 0.0723. The zero-order valence-corrected chi connectivity index (χ0v) is 11.9. The third kappa shape index (κ3) is 2.52. The van der Waals surface area contributed by atoms with Crippen LogP contribution in [-0.2, 0) is 4.74 Å². The topological polar surface area (TPSA) is 49.7 Å². The van der Waals surface area contributed by atoms with Gasteiger partial charge in [0.1, 0.15) is 17.6 Å². The Morgan fingerprint density at radius 3 is 1.86 bits per heavy atom. The van der Waals surface area contributed by atoms with Gasteiger partial charge >= 0.3 is 0 Å². The number of phenolic OH excluding ortho intramolecular Hbond substituents is 2. The summed E-state index contributed by atoms with van der Waals surface area (Å²) in [7, 11) is 0. The fourth-order valence-corrected chi connectivity index (χ4v) is 2.76. The highest BCUT2D eigenvalue weighted by atomic mass is 16.5. The van der Waals surface area contributed by atoms with Crippen molar-refractivity contribution in [1.82, 2.24) is 0 Å². The molecule has 2 aromatic rings. The molecule has 0 aromatic heterocycles. The number of aromatic hydroxyl groups is 2. The molecule has 1 fully saturated rings. The van der Waals surface area contributed by atoms with Crippen LogP contribution in [0.1, 0.15) is 30.3 Å². The van der Waals surface area contributed by atoms with Gasteiger partial charge in [0.05, 0.1) is 6.10 Å². The van der Waals surface area contributed by atoms with Gasteiger partial charge in [-0.25, -0.2) is 0 Å². The monoisotopic (exact) mass is 282 g/mol. The fraction of sp³-hybridized carbons (Fsp3) is 0.222. The number of ether oxygens (including phenoxy) is 1. The van der Waals surface area contributed by atoms with Gasteiger partial charge < -0.3 is 14.9 Å². The van der Waals surface area contributed by atoms with Crippen molar-refractivity contribution in [3.8, 4) is 11.5 Å². The van der Waals surface area contributed by atoms with E-state index in [0.29, 0.717) is 0 Å². The van der Waals surface area contributed by atoms with Crippen molar-refractivity contribution in [2.45, 2.75) is 19.1 Å². The summed E-state index contributed by atoms with van der Waals surface area (Å²) in [5, 5.41) is 18.8. The second-order valence-electron chi connectivity index (χ2n) is 5.48. The molecule has 2 aromatic carbocycles. The maximum Gasteiger partial charge on any atom is 0.115 e. The summed E-state index contributed by atoms with van der Waals surface area (Å²) in [5.41, 5.74) is 3.05. The lowest BCUT2D eigenvalue weighted by Gasteiger charge is -2.15. The molecule has 21 heavy (non-hydrogen) atoms. The van der Waals surface area contributed by atoms with E-state index in [4.69, 9.17) is 4.74 Å². The zero-order chi connectivity index (χ0) is 15.0. The first-order chi connectivity index (χ1) is 10.1. The number of benzene rings is 2. The average Bonchev–Trinajstić information content (AvgIpc) is 2.78. The standard InChI is InChI=1S/C18H18O3/c1-11-12(2)18(14-5-9-16(20)10-6-14)21-17(11)13-3-7-15(19)8-4-13/h3-10,12,17-20H,1H2,2H3. The maximum atomic E-state index is 9.39. The molecular weight excluding hydrogens is 264 g/mol. The predicted molar refractivity (Wildman–Crippen MR) is 81.1 cm³/mol. The molecule has 0 aliphatic carbocycles. The summed E-state index contributed by atoms with van der Waals surface area (Å²) < 4.78 is 6.17. The third-order valence-electron chi connectivity index (χ3n) is 4.08. The summed E-state index contributed by atoms with van der Waals surface area (Å²) in [6.07, 6.45) is -0.240. The summed E-state index contributed by atoms with van der Waals surface area (Å²) in [6.45, 7) is 6.27. The van der Waals surface area contributed by atoms with Crippen LogP contribution in [0.5, 0.6) is 11.5 Å². The minimum Gasteiger partial charge on any atom is -0.508 e. The highest BCUT2D eigenvalue weighted by molar-refractivity contribution is 5.36. The quantitative estimate of drug-likeness (QED) is 0.815. The molecule has 0 amide bonds. The van der Waals surface area contributed by atoms with Gasteiger partial charge in [-0.1, -0.05) is 37.8 Å². The highest BCUT2D eigenvalue weighted by Crippen LogP contribution is 2.48. The zero-order valence-electron chi connectivity index (χ0n) is 11.9. The molecule has 3 heteroatoms. The predicted octanol–water partition coefficient (Wildman–Crippen LogP) is 4.10. The Balaban J connectivity index is 1.88. The summed E-state index contributed by atoms with van der Waals surface area (Å²) in [4.78, 5) is 0. The van der Waals surface area contributed by atoms with Gasteiger partial charge in [0, 0.05) is 5.92 Å². The number of hydrogen-bond donors (Lipinski definition) is 2. The molecule has 0 saturated carbocycles. The van der Waals surface area contributed by atoms with E-state index in [1.807, 2.05) is 24.3 Å².